The van der Waals surface area contributed by atoms with Crippen molar-refractivity contribution in [2.24, 2.45) is 0 Å². The second-order valence-electron chi connectivity index (χ2n) is 5.12. The van der Waals surface area contributed by atoms with Crippen LogP contribution in [-0.4, -0.2) is 42.1 Å². The van der Waals surface area contributed by atoms with Gasteiger partial charge in [-0.15, -0.1) is 0 Å². The first-order chi connectivity index (χ1) is 9.52. The van der Waals surface area contributed by atoms with Crippen molar-refractivity contribution in [3.8, 4) is 0 Å². The van der Waals surface area contributed by atoms with Gasteiger partial charge in [-0.2, -0.15) is 0 Å². The average Bonchev–Trinajstić information content (AvgIpc) is 2.39. The molecule has 1 aromatic rings. The van der Waals surface area contributed by atoms with Crippen LogP contribution in [0, 0.1) is 11.6 Å². The van der Waals surface area contributed by atoms with Gasteiger partial charge in [0.05, 0.1) is 17.3 Å². The van der Waals surface area contributed by atoms with Gasteiger partial charge in [0, 0.05) is 39.1 Å². The lowest BCUT2D eigenvalue weighted by molar-refractivity contribution is -0.0624. The zero-order chi connectivity index (χ0) is 14.6. The summed E-state index contributed by atoms with van der Waals surface area (Å²) >= 11 is 0. The Labute approximate surface area is 116 Å². The molecule has 1 aliphatic heterocycles. The van der Waals surface area contributed by atoms with E-state index >= 15 is 0 Å². The summed E-state index contributed by atoms with van der Waals surface area (Å²) in [5.41, 5.74) is -1.23. The Morgan fingerprint density at radius 2 is 1.85 bits per heavy atom. The Balaban J connectivity index is 1.87. The molecule has 0 aromatic heterocycles. The molecule has 112 valence electrons. The number of hydrogen-bond donors (Lipinski definition) is 3. The van der Waals surface area contributed by atoms with Gasteiger partial charge in [-0.05, 0) is 12.1 Å². The van der Waals surface area contributed by atoms with Crippen LogP contribution < -0.4 is 5.32 Å². The SMILES string of the molecule is OC(CNCC1(O)CCOCC1)c1c(F)cccc1F. The summed E-state index contributed by atoms with van der Waals surface area (Å²) in [5, 5.41) is 22.9. The van der Waals surface area contributed by atoms with Crippen LogP contribution in [0.15, 0.2) is 18.2 Å². The first-order valence-corrected chi connectivity index (χ1v) is 6.65. The van der Waals surface area contributed by atoms with Crippen LogP contribution in [0.25, 0.3) is 0 Å². The zero-order valence-corrected chi connectivity index (χ0v) is 11.1. The van der Waals surface area contributed by atoms with E-state index < -0.39 is 23.3 Å². The highest BCUT2D eigenvalue weighted by atomic mass is 19.1. The third-order valence-electron chi connectivity index (χ3n) is 3.55. The van der Waals surface area contributed by atoms with Crippen LogP contribution in [-0.2, 0) is 4.74 Å². The Morgan fingerprint density at radius 3 is 2.45 bits per heavy atom. The fourth-order valence-corrected chi connectivity index (χ4v) is 2.30. The Bertz CT molecular complexity index is 430. The van der Waals surface area contributed by atoms with E-state index in [9.17, 15) is 19.0 Å². The molecular weight excluding hydrogens is 268 g/mol. The Kier molecular flexibility index (Phi) is 5.04. The molecular formula is C14H19F2NO3. The van der Waals surface area contributed by atoms with Crippen LogP contribution in [0.4, 0.5) is 8.78 Å². The molecule has 0 radical (unpaired) electrons. The van der Waals surface area contributed by atoms with Crippen LogP contribution >= 0.6 is 0 Å². The quantitative estimate of drug-likeness (QED) is 0.760. The summed E-state index contributed by atoms with van der Waals surface area (Å²) in [6, 6.07) is 3.46. The highest BCUT2D eigenvalue weighted by Crippen LogP contribution is 2.22. The van der Waals surface area contributed by atoms with Gasteiger partial charge >= 0.3 is 0 Å². The minimum Gasteiger partial charge on any atom is -0.388 e. The number of ether oxygens (including phenoxy) is 1. The standard InChI is InChI=1S/C14H19F2NO3/c15-10-2-1-3-11(16)13(10)12(18)8-17-9-14(19)4-6-20-7-5-14/h1-3,12,17-19H,4-9H2. The van der Waals surface area contributed by atoms with Crippen molar-refractivity contribution >= 4 is 0 Å². The molecule has 3 N–H and O–H groups in total. The number of aliphatic hydroxyl groups excluding tert-OH is 1. The van der Waals surface area contributed by atoms with Crippen molar-refractivity contribution < 1.29 is 23.7 Å². The molecule has 1 fully saturated rings. The van der Waals surface area contributed by atoms with Gasteiger partial charge in [-0.25, -0.2) is 8.78 Å². The number of nitrogens with one attached hydrogen (secondary N) is 1. The largest absolute Gasteiger partial charge is 0.388 e. The van der Waals surface area contributed by atoms with E-state index in [0.29, 0.717) is 26.1 Å². The van der Waals surface area contributed by atoms with Gasteiger partial charge < -0.3 is 20.3 Å². The number of aliphatic hydroxyl groups is 2. The third-order valence-corrected chi connectivity index (χ3v) is 3.55. The normalized spacial score (nSPS) is 19.8. The molecule has 0 saturated carbocycles. The second kappa shape index (κ2) is 6.58. The van der Waals surface area contributed by atoms with Crippen molar-refractivity contribution in [3.05, 3.63) is 35.4 Å². The zero-order valence-electron chi connectivity index (χ0n) is 11.1. The molecule has 1 unspecified atom stereocenters. The van der Waals surface area contributed by atoms with Crippen LogP contribution in [0.5, 0.6) is 0 Å². The molecule has 0 spiro atoms. The molecule has 6 heteroatoms. The summed E-state index contributed by atoms with van der Waals surface area (Å²) in [6.07, 6.45) is -0.284. The van der Waals surface area contributed by atoms with Crippen LogP contribution in [0.2, 0.25) is 0 Å². The first-order valence-electron chi connectivity index (χ1n) is 6.65. The number of rotatable bonds is 5. The molecule has 1 heterocycles. The van der Waals surface area contributed by atoms with Crippen LogP contribution in [0.1, 0.15) is 24.5 Å². The van der Waals surface area contributed by atoms with Crippen molar-refractivity contribution in [2.45, 2.75) is 24.5 Å². The highest BCUT2D eigenvalue weighted by molar-refractivity contribution is 5.22. The average molecular weight is 287 g/mol. The number of hydrogen-bond acceptors (Lipinski definition) is 4. The van der Waals surface area contributed by atoms with Gasteiger partial charge in [0.1, 0.15) is 11.6 Å². The van der Waals surface area contributed by atoms with E-state index in [1.807, 2.05) is 0 Å². The molecule has 1 saturated heterocycles. The first kappa shape index (κ1) is 15.3. The molecule has 2 rings (SSSR count). The van der Waals surface area contributed by atoms with E-state index in [2.05, 4.69) is 5.32 Å². The topological polar surface area (TPSA) is 61.7 Å². The van der Waals surface area contributed by atoms with Crippen molar-refractivity contribution in [1.82, 2.24) is 5.32 Å². The summed E-state index contributed by atoms with van der Waals surface area (Å²) in [4.78, 5) is 0. The Morgan fingerprint density at radius 1 is 1.25 bits per heavy atom. The lowest BCUT2D eigenvalue weighted by Gasteiger charge is -2.32. The van der Waals surface area contributed by atoms with Gasteiger partial charge in [0.15, 0.2) is 0 Å². The molecule has 1 aromatic carbocycles. The molecule has 0 bridgehead atoms. The van der Waals surface area contributed by atoms with Crippen molar-refractivity contribution in [3.63, 3.8) is 0 Å². The lowest BCUT2D eigenvalue weighted by atomic mass is 9.94. The van der Waals surface area contributed by atoms with E-state index in [1.165, 1.54) is 6.07 Å². The molecule has 4 nitrogen and oxygen atoms in total. The Hall–Kier alpha value is -1.08. The number of benzene rings is 1. The summed E-state index contributed by atoms with van der Waals surface area (Å²) in [5.74, 6) is -1.55. The molecule has 0 aliphatic carbocycles. The third kappa shape index (κ3) is 3.73. The molecule has 1 atom stereocenters. The van der Waals surface area contributed by atoms with Crippen LogP contribution in [0.3, 0.4) is 0 Å². The predicted molar refractivity (Wildman–Crippen MR) is 69.2 cm³/mol. The van der Waals surface area contributed by atoms with E-state index in [-0.39, 0.29) is 18.7 Å². The van der Waals surface area contributed by atoms with Gasteiger partial charge in [-0.3, -0.25) is 0 Å². The van der Waals surface area contributed by atoms with E-state index in [4.69, 9.17) is 4.74 Å². The molecule has 20 heavy (non-hydrogen) atoms. The maximum absolute atomic E-state index is 13.5. The fraction of sp³-hybridized carbons (Fsp3) is 0.571. The maximum Gasteiger partial charge on any atom is 0.131 e. The van der Waals surface area contributed by atoms with Gasteiger partial charge in [-0.1, -0.05) is 6.07 Å². The minimum atomic E-state index is -1.29. The summed E-state index contributed by atoms with van der Waals surface area (Å²) in [7, 11) is 0. The second-order valence-corrected chi connectivity index (χ2v) is 5.12. The smallest absolute Gasteiger partial charge is 0.131 e. The lowest BCUT2D eigenvalue weighted by Crippen LogP contribution is -2.45. The van der Waals surface area contributed by atoms with Crippen molar-refractivity contribution in [1.29, 1.82) is 0 Å². The molecule has 1 aliphatic rings. The number of halogens is 2. The van der Waals surface area contributed by atoms with Gasteiger partial charge in [0.2, 0.25) is 0 Å². The highest BCUT2D eigenvalue weighted by Gasteiger charge is 2.29. The monoisotopic (exact) mass is 287 g/mol. The minimum absolute atomic E-state index is 0.0268. The molecule has 0 amide bonds. The fourth-order valence-electron chi connectivity index (χ4n) is 2.30. The maximum atomic E-state index is 13.5. The van der Waals surface area contributed by atoms with E-state index in [0.717, 1.165) is 12.1 Å². The van der Waals surface area contributed by atoms with Crippen molar-refractivity contribution in [2.75, 3.05) is 26.3 Å². The van der Waals surface area contributed by atoms with Gasteiger partial charge in [0.25, 0.3) is 0 Å². The summed E-state index contributed by atoms with van der Waals surface area (Å²) < 4.78 is 32.1. The van der Waals surface area contributed by atoms with E-state index in [1.54, 1.807) is 0 Å². The summed E-state index contributed by atoms with van der Waals surface area (Å²) in [6.45, 7) is 1.20. The predicted octanol–water partition coefficient (Wildman–Crippen LogP) is 1.13.